The summed E-state index contributed by atoms with van der Waals surface area (Å²) in [5, 5.41) is 3.20. The number of methoxy groups -OCH3 is 1. The van der Waals surface area contributed by atoms with Gasteiger partial charge in [-0.1, -0.05) is 12.1 Å². The van der Waals surface area contributed by atoms with Gasteiger partial charge in [-0.25, -0.2) is 0 Å². The highest BCUT2D eigenvalue weighted by Crippen LogP contribution is 2.29. The average molecular weight is 290 g/mol. The lowest BCUT2D eigenvalue weighted by atomic mass is 10.2. The van der Waals surface area contributed by atoms with E-state index in [4.69, 9.17) is 4.74 Å². The second-order valence-electron chi connectivity index (χ2n) is 4.85. The number of nitrogens with one attached hydrogen (secondary N) is 1. The number of benzene rings is 1. The fourth-order valence-electron chi connectivity index (χ4n) is 2.29. The molecular weight excluding hydrogens is 268 g/mol. The Morgan fingerprint density at radius 2 is 2.05 bits per heavy atom. The monoisotopic (exact) mass is 290 g/mol. The fourth-order valence-corrected chi connectivity index (χ4v) is 3.36. The van der Waals surface area contributed by atoms with Crippen LogP contribution in [-0.2, 0) is 13.1 Å². The van der Waals surface area contributed by atoms with Crippen LogP contribution in [0.5, 0.6) is 5.75 Å². The van der Waals surface area contributed by atoms with Crippen molar-refractivity contribution >= 4 is 17.0 Å². The standard InChI is InChI=1S/C16H22N2OS/c1-12-13(9-14(20-12)10-17-2)11-18(3)15-7-5-6-8-16(15)19-4/h5-9,17H,10-11H2,1-4H3. The molecule has 1 N–H and O–H groups in total. The van der Waals surface area contributed by atoms with Crippen LogP contribution in [0.1, 0.15) is 15.3 Å². The van der Waals surface area contributed by atoms with Crippen molar-refractivity contribution in [3.63, 3.8) is 0 Å². The van der Waals surface area contributed by atoms with E-state index in [2.05, 4.69) is 36.3 Å². The smallest absolute Gasteiger partial charge is 0.142 e. The average Bonchev–Trinajstić information content (AvgIpc) is 2.79. The summed E-state index contributed by atoms with van der Waals surface area (Å²) in [7, 11) is 5.80. The SMILES string of the molecule is CNCc1cc(CN(C)c2ccccc2OC)c(C)s1. The van der Waals surface area contributed by atoms with Crippen molar-refractivity contribution in [1.82, 2.24) is 5.32 Å². The molecule has 0 aliphatic heterocycles. The lowest BCUT2D eigenvalue weighted by Gasteiger charge is -2.21. The van der Waals surface area contributed by atoms with Crippen LogP contribution in [0.2, 0.25) is 0 Å². The highest BCUT2D eigenvalue weighted by Gasteiger charge is 2.11. The third-order valence-electron chi connectivity index (χ3n) is 3.33. The summed E-state index contributed by atoms with van der Waals surface area (Å²) in [6, 6.07) is 10.4. The summed E-state index contributed by atoms with van der Waals surface area (Å²) in [4.78, 5) is 5.00. The molecular formula is C16H22N2OS. The molecule has 1 aromatic heterocycles. The van der Waals surface area contributed by atoms with Crippen LogP contribution in [-0.4, -0.2) is 21.2 Å². The number of anilines is 1. The van der Waals surface area contributed by atoms with Gasteiger partial charge in [-0.3, -0.25) is 0 Å². The number of hydrogen-bond donors (Lipinski definition) is 1. The van der Waals surface area contributed by atoms with Gasteiger partial charge in [-0.05, 0) is 37.7 Å². The maximum atomic E-state index is 5.43. The largest absolute Gasteiger partial charge is 0.495 e. The van der Waals surface area contributed by atoms with E-state index in [1.54, 1.807) is 7.11 Å². The van der Waals surface area contributed by atoms with Crippen molar-refractivity contribution < 1.29 is 4.74 Å². The molecule has 0 aliphatic carbocycles. The second-order valence-corrected chi connectivity index (χ2v) is 6.19. The highest BCUT2D eigenvalue weighted by atomic mass is 32.1. The maximum absolute atomic E-state index is 5.43. The molecule has 3 nitrogen and oxygen atoms in total. The molecule has 0 bridgehead atoms. The number of ether oxygens (including phenoxy) is 1. The Morgan fingerprint density at radius 1 is 1.30 bits per heavy atom. The quantitative estimate of drug-likeness (QED) is 0.882. The number of hydrogen-bond acceptors (Lipinski definition) is 4. The zero-order valence-electron chi connectivity index (χ0n) is 12.6. The summed E-state index contributed by atoms with van der Waals surface area (Å²) in [6.07, 6.45) is 0. The molecule has 1 heterocycles. The predicted octanol–water partition coefficient (Wildman–Crippen LogP) is 3.42. The van der Waals surface area contributed by atoms with Gasteiger partial charge in [0.15, 0.2) is 0 Å². The molecule has 0 unspecified atom stereocenters. The Balaban J connectivity index is 2.16. The Labute approximate surface area is 125 Å². The lowest BCUT2D eigenvalue weighted by Crippen LogP contribution is -2.17. The number of nitrogens with zero attached hydrogens (tertiary/aromatic N) is 1. The van der Waals surface area contributed by atoms with E-state index in [0.29, 0.717) is 0 Å². The van der Waals surface area contributed by atoms with Crippen molar-refractivity contribution in [2.75, 3.05) is 26.1 Å². The Kier molecular flexibility index (Phi) is 5.04. The van der Waals surface area contributed by atoms with Crippen LogP contribution in [0.15, 0.2) is 30.3 Å². The van der Waals surface area contributed by atoms with Gasteiger partial charge in [0, 0.05) is 29.9 Å². The van der Waals surface area contributed by atoms with Gasteiger partial charge in [0.25, 0.3) is 0 Å². The van der Waals surface area contributed by atoms with E-state index in [-0.39, 0.29) is 0 Å². The highest BCUT2D eigenvalue weighted by molar-refractivity contribution is 7.12. The van der Waals surface area contributed by atoms with Crippen LogP contribution < -0.4 is 15.0 Å². The topological polar surface area (TPSA) is 24.5 Å². The van der Waals surface area contributed by atoms with Crippen molar-refractivity contribution in [2.45, 2.75) is 20.0 Å². The molecule has 0 amide bonds. The summed E-state index contributed by atoms with van der Waals surface area (Å²) in [5.41, 5.74) is 2.50. The molecule has 0 radical (unpaired) electrons. The number of para-hydroxylation sites is 2. The van der Waals surface area contributed by atoms with E-state index in [1.807, 2.05) is 36.6 Å². The number of thiophene rings is 1. The summed E-state index contributed by atoms with van der Waals surface area (Å²) >= 11 is 1.87. The molecule has 0 aliphatic rings. The second kappa shape index (κ2) is 6.77. The van der Waals surface area contributed by atoms with Crippen LogP contribution in [0.25, 0.3) is 0 Å². The van der Waals surface area contributed by atoms with Gasteiger partial charge in [-0.2, -0.15) is 0 Å². The summed E-state index contributed by atoms with van der Waals surface area (Å²) in [5.74, 6) is 0.915. The minimum atomic E-state index is 0.895. The number of aryl methyl sites for hydroxylation is 1. The van der Waals surface area contributed by atoms with Gasteiger partial charge in [0.2, 0.25) is 0 Å². The van der Waals surface area contributed by atoms with E-state index in [1.165, 1.54) is 15.3 Å². The first kappa shape index (κ1) is 14.9. The number of rotatable bonds is 6. The first-order valence-electron chi connectivity index (χ1n) is 6.72. The fraction of sp³-hybridized carbons (Fsp3) is 0.375. The first-order valence-corrected chi connectivity index (χ1v) is 7.54. The Hall–Kier alpha value is -1.52. The van der Waals surface area contributed by atoms with Gasteiger partial charge < -0.3 is 15.0 Å². The first-order chi connectivity index (χ1) is 9.65. The minimum absolute atomic E-state index is 0.895. The molecule has 0 saturated heterocycles. The van der Waals surface area contributed by atoms with E-state index in [9.17, 15) is 0 Å². The third-order valence-corrected chi connectivity index (χ3v) is 4.42. The lowest BCUT2D eigenvalue weighted by molar-refractivity contribution is 0.415. The van der Waals surface area contributed by atoms with Crippen LogP contribution in [0.3, 0.4) is 0 Å². The molecule has 2 aromatic rings. The Morgan fingerprint density at radius 3 is 2.75 bits per heavy atom. The van der Waals surface area contributed by atoms with Gasteiger partial charge >= 0.3 is 0 Å². The molecule has 0 atom stereocenters. The van der Waals surface area contributed by atoms with Crippen molar-refractivity contribution in [3.8, 4) is 5.75 Å². The van der Waals surface area contributed by atoms with Crippen molar-refractivity contribution in [3.05, 3.63) is 45.6 Å². The van der Waals surface area contributed by atoms with Crippen molar-refractivity contribution in [2.24, 2.45) is 0 Å². The van der Waals surface area contributed by atoms with Crippen LogP contribution in [0.4, 0.5) is 5.69 Å². The van der Waals surface area contributed by atoms with Crippen LogP contribution in [0, 0.1) is 6.92 Å². The molecule has 0 saturated carbocycles. The van der Waals surface area contributed by atoms with E-state index < -0.39 is 0 Å². The molecule has 1 aromatic carbocycles. The predicted molar refractivity (Wildman–Crippen MR) is 86.9 cm³/mol. The van der Waals surface area contributed by atoms with Gasteiger partial charge in [0.1, 0.15) is 5.75 Å². The van der Waals surface area contributed by atoms with Crippen molar-refractivity contribution in [1.29, 1.82) is 0 Å². The normalized spacial score (nSPS) is 10.6. The molecule has 0 fully saturated rings. The third kappa shape index (κ3) is 3.32. The van der Waals surface area contributed by atoms with E-state index >= 15 is 0 Å². The zero-order chi connectivity index (χ0) is 14.5. The van der Waals surface area contributed by atoms with Gasteiger partial charge in [-0.15, -0.1) is 11.3 Å². The molecule has 2 rings (SSSR count). The zero-order valence-corrected chi connectivity index (χ0v) is 13.4. The summed E-state index contributed by atoms with van der Waals surface area (Å²) < 4.78 is 5.43. The maximum Gasteiger partial charge on any atom is 0.142 e. The molecule has 108 valence electrons. The van der Waals surface area contributed by atoms with E-state index in [0.717, 1.165) is 24.5 Å². The van der Waals surface area contributed by atoms with Gasteiger partial charge in [0.05, 0.1) is 12.8 Å². The summed E-state index contributed by atoms with van der Waals surface area (Å²) in [6.45, 7) is 4.02. The molecule has 20 heavy (non-hydrogen) atoms. The van der Waals surface area contributed by atoms with Crippen LogP contribution >= 0.6 is 11.3 Å². The minimum Gasteiger partial charge on any atom is -0.495 e. The Bertz CT molecular complexity index is 565. The molecule has 4 heteroatoms. The molecule has 0 spiro atoms.